The van der Waals surface area contributed by atoms with Crippen LogP contribution in [0.5, 0.6) is 0 Å². The molecule has 5 rings (SSSR count). The van der Waals surface area contributed by atoms with Gasteiger partial charge in [-0.25, -0.2) is 9.50 Å². The average Bonchev–Trinajstić information content (AvgIpc) is 3.36. The summed E-state index contributed by atoms with van der Waals surface area (Å²) in [5.41, 5.74) is 9.44. The van der Waals surface area contributed by atoms with Crippen LogP contribution in [0.1, 0.15) is 15.4 Å². The Hall–Kier alpha value is -3.55. The summed E-state index contributed by atoms with van der Waals surface area (Å²) in [6, 6.07) is 18.8. The quantitative estimate of drug-likeness (QED) is 0.408. The lowest BCUT2D eigenvalue weighted by atomic mass is 10.1. The summed E-state index contributed by atoms with van der Waals surface area (Å²) in [5.74, 6) is -0.521. The van der Waals surface area contributed by atoms with Crippen LogP contribution in [0.4, 0.5) is 0 Å². The standard InChI is InChI=1S/C18H13ClN4OS.C5H5N/c1-10-14(13-8-4-5-9-23(13)22-10)18-21-15(16(25-18)17(20)24)11-6-2-3-7-12(11)19;1-2-4-6-5-3-1/h2-9H,1H3,(H2,20,24);1-5H. The van der Waals surface area contributed by atoms with Crippen molar-refractivity contribution in [3.05, 3.63) is 94.8 Å². The molecule has 4 aromatic heterocycles. The van der Waals surface area contributed by atoms with Crippen molar-refractivity contribution in [1.29, 1.82) is 0 Å². The van der Waals surface area contributed by atoms with E-state index in [0.29, 0.717) is 26.2 Å². The second-order valence-corrected chi connectivity index (χ2v) is 7.96. The second-order valence-electron chi connectivity index (χ2n) is 6.56. The molecule has 2 N–H and O–H groups in total. The van der Waals surface area contributed by atoms with Crippen LogP contribution in [0.2, 0.25) is 5.02 Å². The summed E-state index contributed by atoms with van der Waals surface area (Å²) in [7, 11) is 0. The molecule has 0 bridgehead atoms. The third kappa shape index (κ3) is 4.33. The summed E-state index contributed by atoms with van der Waals surface area (Å²) in [4.78, 5) is 20.8. The molecule has 1 amide bonds. The van der Waals surface area contributed by atoms with E-state index in [9.17, 15) is 4.79 Å². The van der Waals surface area contributed by atoms with Crippen LogP contribution < -0.4 is 5.73 Å². The number of aromatic nitrogens is 4. The van der Waals surface area contributed by atoms with Gasteiger partial charge >= 0.3 is 0 Å². The zero-order chi connectivity index (χ0) is 21.8. The van der Waals surface area contributed by atoms with E-state index in [1.54, 1.807) is 23.0 Å². The first-order valence-corrected chi connectivity index (χ1v) is 10.6. The fourth-order valence-electron chi connectivity index (χ4n) is 3.12. The first kappa shape index (κ1) is 20.7. The number of halogens is 1. The van der Waals surface area contributed by atoms with Crippen molar-refractivity contribution in [2.75, 3.05) is 0 Å². The van der Waals surface area contributed by atoms with E-state index in [2.05, 4.69) is 10.1 Å². The van der Waals surface area contributed by atoms with E-state index in [0.717, 1.165) is 16.8 Å². The maximum atomic E-state index is 12.0. The van der Waals surface area contributed by atoms with Gasteiger partial charge in [0, 0.05) is 24.2 Å². The fourth-order valence-corrected chi connectivity index (χ4v) is 4.39. The highest BCUT2D eigenvalue weighted by molar-refractivity contribution is 7.17. The van der Waals surface area contributed by atoms with E-state index in [1.807, 2.05) is 67.7 Å². The Kier molecular flexibility index (Phi) is 6.06. The van der Waals surface area contributed by atoms with E-state index in [-0.39, 0.29) is 0 Å². The number of carbonyl (C=O) groups is 1. The monoisotopic (exact) mass is 447 g/mol. The van der Waals surface area contributed by atoms with Crippen LogP contribution in [-0.2, 0) is 0 Å². The summed E-state index contributed by atoms with van der Waals surface area (Å²) >= 11 is 7.55. The molecule has 0 aliphatic rings. The number of amides is 1. The first-order chi connectivity index (χ1) is 15.1. The minimum Gasteiger partial charge on any atom is -0.365 e. The second kappa shape index (κ2) is 9.07. The van der Waals surface area contributed by atoms with Gasteiger partial charge in [0.1, 0.15) is 9.88 Å². The largest absolute Gasteiger partial charge is 0.365 e. The van der Waals surface area contributed by atoms with Crippen LogP contribution in [0.25, 0.3) is 27.3 Å². The average molecular weight is 448 g/mol. The number of carbonyl (C=O) groups excluding carboxylic acids is 1. The van der Waals surface area contributed by atoms with Crippen molar-refractivity contribution < 1.29 is 4.79 Å². The Morgan fingerprint density at radius 2 is 1.77 bits per heavy atom. The van der Waals surface area contributed by atoms with Crippen LogP contribution in [0, 0.1) is 6.92 Å². The predicted molar refractivity (Wildman–Crippen MR) is 124 cm³/mol. The number of thiazole rings is 1. The lowest BCUT2D eigenvalue weighted by molar-refractivity contribution is 0.100. The van der Waals surface area contributed by atoms with Gasteiger partial charge in [-0.1, -0.05) is 41.9 Å². The smallest absolute Gasteiger partial charge is 0.261 e. The molecule has 0 radical (unpaired) electrons. The molecule has 6 nitrogen and oxygen atoms in total. The predicted octanol–water partition coefficient (Wildman–Crippen LogP) is 5.27. The third-order valence-corrected chi connectivity index (χ3v) is 5.89. The van der Waals surface area contributed by atoms with Gasteiger partial charge in [-0.15, -0.1) is 11.3 Å². The highest BCUT2D eigenvalue weighted by Crippen LogP contribution is 2.38. The number of hydrogen-bond acceptors (Lipinski definition) is 5. The third-order valence-electron chi connectivity index (χ3n) is 4.48. The van der Waals surface area contributed by atoms with Gasteiger partial charge in [0.05, 0.1) is 27.5 Å². The molecule has 0 fully saturated rings. The maximum absolute atomic E-state index is 12.0. The summed E-state index contributed by atoms with van der Waals surface area (Å²) in [5, 5.41) is 5.73. The Balaban J connectivity index is 0.000000334. The van der Waals surface area contributed by atoms with Gasteiger partial charge in [0.2, 0.25) is 0 Å². The molecule has 0 saturated heterocycles. The molecule has 154 valence electrons. The van der Waals surface area contributed by atoms with E-state index in [1.165, 1.54) is 11.3 Å². The number of benzene rings is 1. The van der Waals surface area contributed by atoms with Gasteiger partial charge in [0.25, 0.3) is 5.91 Å². The maximum Gasteiger partial charge on any atom is 0.261 e. The Morgan fingerprint density at radius 1 is 1.03 bits per heavy atom. The van der Waals surface area contributed by atoms with Gasteiger partial charge < -0.3 is 5.73 Å². The number of nitrogens with zero attached hydrogens (tertiary/aromatic N) is 4. The molecule has 0 aliphatic carbocycles. The molecule has 0 saturated carbocycles. The zero-order valence-electron chi connectivity index (χ0n) is 16.6. The molecular weight excluding hydrogens is 430 g/mol. The molecular formula is C23H18ClN5OS. The van der Waals surface area contributed by atoms with Gasteiger partial charge in [0.15, 0.2) is 0 Å². The number of aryl methyl sites for hydroxylation is 1. The number of hydrogen-bond donors (Lipinski definition) is 1. The molecule has 31 heavy (non-hydrogen) atoms. The highest BCUT2D eigenvalue weighted by Gasteiger charge is 2.22. The molecule has 0 unspecified atom stereocenters. The van der Waals surface area contributed by atoms with Crippen molar-refractivity contribution in [3.8, 4) is 21.8 Å². The lowest BCUT2D eigenvalue weighted by Gasteiger charge is -2.01. The topological polar surface area (TPSA) is 86.2 Å². The first-order valence-electron chi connectivity index (χ1n) is 9.41. The number of nitrogens with two attached hydrogens (primary N) is 1. The van der Waals surface area contributed by atoms with Gasteiger partial charge in [-0.3, -0.25) is 9.78 Å². The molecule has 1 aromatic carbocycles. The zero-order valence-corrected chi connectivity index (χ0v) is 18.1. The lowest BCUT2D eigenvalue weighted by Crippen LogP contribution is -2.10. The van der Waals surface area contributed by atoms with E-state index < -0.39 is 5.91 Å². The number of pyridine rings is 2. The van der Waals surface area contributed by atoms with Crippen LogP contribution in [0.3, 0.4) is 0 Å². The summed E-state index contributed by atoms with van der Waals surface area (Å²) in [6.07, 6.45) is 5.38. The Bertz CT molecular complexity index is 1320. The van der Waals surface area contributed by atoms with Crippen molar-refractivity contribution in [1.82, 2.24) is 19.6 Å². The van der Waals surface area contributed by atoms with Crippen LogP contribution in [0.15, 0.2) is 79.3 Å². The summed E-state index contributed by atoms with van der Waals surface area (Å²) in [6.45, 7) is 1.92. The minimum atomic E-state index is -0.521. The molecule has 4 heterocycles. The van der Waals surface area contributed by atoms with Gasteiger partial charge in [-0.05, 0) is 37.3 Å². The van der Waals surface area contributed by atoms with Crippen LogP contribution in [-0.4, -0.2) is 25.5 Å². The number of rotatable bonds is 3. The number of primary amides is 1. The molecule has 0 aliphatic heterocycles. The van der Waals surface area contributed by atoms with Crippen molar-refractivity contribution in [3.63, 3.8) is 0 Å². The Morgan fingerprint density at radius 3 is 2.42 bits per heavy atom. The van der Waals surface area contributed by atoms with Gasteiger partial charge in [-0.2, -0.15) is 5.10 Å². The minimum absolute atomic E-state index is 0.387. The SMILES string of the molecule is Cc1nn2ccccc2c1-c1nc(-c2ccccc2Cl)c(C(N)=O)s1.c1ccncc1. The van der Waals surface area contributed by atoms with E-state index in [4.69, 9.17) is 22.3 Å². The highest BCUT2D eigenvalue weighted by atomic mass is 35.5. The molecule has 0 spiro atoms. The number of fused-ring (bicyclic) bond motifs is 1. The normalized spacial score (nSPS) is 10.5. The molecule has 5 aromatic rings. The summed E-state index contributed by atoms with van der Waals surface area (Å²) < 4.78 is 1.80. The fraction of sp³-hybridized carbons (Fsp3) is 0.0435. The van der Waals surface area contributed by atoms with Crippen LogP contribution >= 0.6 is 22.9 Å². The van der Waals surface area contributed by atoms with Crippen molar-refractivity contribution in [2.24, 2.45) is 5.73 Å². The van der Waals surface area contributed by atoms with E-state index >= 15 is 0 Å². The van der Waals surface area contributed by atoms with Crippen molar-refractivity contribution in [2.45, 2.75) is 6.92 Å². The molecule has 8 heteroatoms. The Labute approximate surface area is 188 Å². The van der Waals surface area contributed by atoms with Crippen molar-refractivity contribution >= 4 is 34.4 Å². The molecule has 0 atom stereocenters.